The van der Waals surface area contributed by atoms with Crippen LogP contribution < -0.4 is 16.4 Å². The van der Waals surface area contributed by atoms with Crippen molar-refractivity contribution in [2.75, 3.05) is 0 Å². The Morgan fingerprint density at radius 1 is 0.750 bits per heavy atom. The van der Waals surface area contributed by atoms with Crippen molar-refractivity contribution in [3.63, 3.8) is 0 Å². The molecule has 0 spiro atoms. The van der Waals surface area contributed by atoms with Gasteiger partial charge in [0.1, 0.15) is 84.8 Å². The lowest BCUT2D eigenvalue weighted by atomic mass is 9.91. The van der Waals surface area contributed by atoms with Crippen LogP contribution >= 0.6 is 19.3 Å². The number of carboxylic acids is 4. The monoisotopic (exact) mass is 851 g/mol. The number of hydrogen-bond acceptors (Lipinski definition) is 11. The highest BCUT2D eigenvalue weighted by Gasteiger charge is 2.18. The first-order chi connectivity index (χ1) is 30.7. The van der Waals surface area contributed by atoms with Crippen LogP contribution in [0.15, 0.2) is 89.6 Å². The minimum Gasteiger partial charge on any atom is -0.478 e. The number of hydrogen-bond donors (Lipinski definition) is 6. The molecule has 60 heavy (non-hydrogen) atoms. The maximum absolute atomic E-state index is 12.8. The molecule has 0 bridgehead atoms. The molecule has 1 aromatic heterocycles. The van der Waals surface area contributed by atoms with Crippen molar-refractivity contribution in [1.29, 1.82) is 22.5 Å². The first kappa shape index (κ1) is 42.5. The fourth-order valence-corrected chi connectivity index (χ4v) is 4.81. The number of aromatic nitrogens is 2. The third-order valence-electron chi connectivity index (χ3n) is 6.67. The van der Waals surface area contributed by atoms with Crippen LogP contribution in [0.5, 0.6) is 0 Å². The molecule has 0 aliphatic carbocycles. The van der Waals surface area contributed by atoms with Crippen LogP contribution in [0.4, 0.5) is 8.78 Å². The molecule has 0 unspecified atom stereocenters. The molecule has 4 aromatic carbocycles. The second-order valence-corrected chi connectivity index (χ2v) is 12.7. The SMILES string of the molecule is [2H][B]/C=C(\C#N)C(=O)O.[2H][B]/C=C(\C#N)P(=O)(O)O.[2H][B]c1cc(F)c(C(=O)O)c(F)c1.[2H][B]c1ccc(-c2ccc(C(=O)O)cc2)c2nsnc12.[2H][B]c1ccc(C(=O)O)c(C#N)c1. The Morgan fingerprint density at radius 3 is 1.78 bits per heavy atom. The molecule has 295 valence electrons. The van der Waals surface area contributed by atoms with Crippen molar-refractivity contribution in [1.82, 2.24) is 8.75 Å². The molecule has 0 saturated heterocycles. The highest BCUT2D eigenvalue weighted by Crippen LogP contribution is 2.43. The van der Waals surface area contributed by atoms with Crippen LogP contribution in [0, 0.1) is 45.6 Å². The van der Waals surface area contributed by atoms with E-state index in [1.54, 1.807) is 30.3 Å². The third-order valence-corrected chi connectivity index (χ3v) is 8.07. The van der Waals surface area contributed by atoms with E-state index in [9.17, 15) is 32.5 Å². The summed E-state index contributed by atoms with van der Waals surface area (Å²) in [7, 11) is 0.0104. The number of rotatable bonds is 11. The van der Waals surface area contributed by atoms with Crippen molar-refractivity contribution >= 4 is 110 Å². The van der Waals surface area contributed by atoms with Gasteiger partial charge in [0.2, 0.25) is 0 Å². The average molecular weight is 851 g/mol. The molecule has 25 heteroatoms. The molecular weight excluding hydrogens is 822 g/mol. The number of nitrogens with zero attached hydrogens (tertiary/aromatic N) is 5. The molecule has 6 N–H and O–H groups in total. The molecule has 16 nitrogen and oxygen atoms in total. The van der Waals surface area contributed by atoms with Gasteiger partial charge in [-0.2, -0.15) is 24.5 Å². The summed E-state index contributed by atoms with van der Waals surface area (Å²) in [4.78, 5) is 58.3. The Labute approximate surface area is 355 Å². The molecule has 0 aliphatic rings. The Hall–Kier alpha value is -7.14. The average Bonchev–Trinajstić information content (AvgIpc) is 3.77. The standard InChI is InChI=1S/C13H8BN2O2S.C8H5BNO2.C7H4BF2O2.C4H3BNO2.C3H4BNO3P/c14-10-6-5-9(11-12(10)16-19-15-11)7-1-3-8(4-2-7)13(17)18;9-6-1-2-7(8(11)12)5(3-6)4-10;8-3-1-4(9)6(7(11)12)5(10)2-3;5-1-3(2-6)4(7)8;4-1-3(2-5)9(6,7)8/h1-6,14H,(H,17,18);1-3,9H,(H,11,12);1-2,8H,(H,11,12);1,5H,(H,7,8);1,4H,(H2,6,7,8)/b;;;2*3-1+/i14D;9D;8D;5D;4D. The summed E-state index contributed by atoms with van der Waals surface area (Å²) < 4.78 is 78.2. The number of aromatic carboxylic acids is 3. The van der Waals surface area contributed by atoms with Crippen LogP contribution in [0.1, 0.15) is 36.6 Å². The van der Waals surface area contributed by atoms with Gasteiger partial charge in [-0.3, -0.25) is 4.57 Å². The second-order valence-electron chi connectivity index (χ2n) is 10.6. The van der Waals surface area contributed by atoms with Gasteiger partial charge in [0.25, 0.3) is 0 Å². The van der Waals surface area contributed by atoms with Crippen molar-refractivity contribution in [2.45, 2.75) is 0 Å². The van der Waals surface area contributed by atoms with E-state index in [0.717, 1.165) is 81.3 Å². The third kappa shape index (κ3) is 15.3. The number of aliphatic carboxylic acids is 1. The quantitative estimate of drug-likeness (QED) is 0.0453. The van der Waals surface area contributed by atoms with E-state index in [1.807, 2.05) is 12.1 Å². The van der Waals surface area contributed by atoms with Gasteiger partial charge in [0.15, 0.2) is 0 Å². The molecule has 5 rings (SSSR count). The fraction of sp³-hybridized carbons (Fsp3) is 0. The highest BCUT2D eigenvalue weighted by atomic mass is 32.1. The first-order valence-corrected chi connectivity index (χ1v) is 17.7. The molecule has 1 heterocycles. The second kappa shape index (κ2) is 23.9. The van der Waals surface area contributed by atoms with Crippen LogP contribution in [-0.4, -0.2) is 109 Å². The van der Waals surface area contributed by atoms with Crippen molar-refractivity contribution in [3.05, 3.63) is 123 Å². The van der Waals surface area contributed by atoms with Gasteiger partial charge in [0.05, 0.1) is 40.0 Å². The summed E-state index contributed by atoms with van der Waals surface area (Å²) in [6.07, 6.45) is 0. The molecule has 0 saturated carbocycles. The van der Waals surface area contributed by atoms with Crippen LogP contribution in [0.2, 0.25) is 0 Å². The number of carbonyl (C=O) groups is 4. The highest BCUT2D eigenvalue weighted by molar-refractivity contribution is 7.57. The van der Waals surface area contributed by atoms with Crippen LogP contribution in [-0.2, 0) is 9.36 Å². The normalized spacial score (nSPS) is 11.2. The summed E-state index contributed by atoms with van der Waals surface area (Å²) in [6, 6.07) is 20.5. The predicted octanol–water partition coefficient (Wildman–Crippen LogP) is 0.363. The Kier molecular flexibility index (Phi) is 16.9. The summed E-state index contributed by atoms with van der Waals surface area (Å²) in [5.41, 5.74) is 3.29. The molecule has 0 amide bonds. The Bertz CT molecular complexity index is 2750. The van der Waals surface area contributed by atoms with Crippen LogP contribution in [0.25, 0.3) is 22.2 Å². The lowest BCUT2D eigenvalue weighted by Gasteiger charge is -2.04. The van der Waals surface area contributed by atoms with Gasteiger partial charge < -0.3 is 30.2 Å². The number of allylic oxidation sites excluding steroid dienone is 1. The Balaban J connectivity index is 0.000000421. The van der Waals surface area contributed by atoms with Gasteiger partial charge in [0, 0.05) is 5.56 Å². The van der Waals surface area contributed by atoms with Crippen molar-refractivity contribution in [2.24, 2.45) is 0 Å². The minimum atomic E-state index is -4.44. The zero-order valence-corrected chi connectivity index (χ0v) is 31.7. The lowest BCUT2D eigenvalue weighted by Crippen LogP contribution is -2.12. The van der Waals surface area contributed by atoms with Gasteiger partial charge in [-0.05, 0) is 42.6 Å². The smallest absolute Gasteiger partial charge is 0.365 e. The number of halogens is 2. The number of benzene rings is 4. The Morgan fingerprint density at radius 2 is 1.37 bits per heavy atom. The number of fused-ring (bicyclic) bond motifs is 1. The van der Waals surface area contributed by atoms with Gasteiger partial charge in [-0.15, -0.1) is 12.0 Å². The molecule has 0 aliphatic heterocycles. The van der Waals surface area contributed by atoms with Crippen molar-refractivity contribution in [3.8, 4) is 29.3 Å². The largest absolute Gasteiger partial charge is 0.478 e. The zero-order chi connectivity index (χ0) is 49.4. The first-order valence-electron chi connectivity index (χ1n) is 18.2. The van der Waals surface area contributed by atoms with E-state index in [4.69, 9.17) is 52.7 Å². The van der Waals surface area contributed by atoms with E-state index in [1.165, 1.54) is 38.1 Å². The number of carboxylic acid groups (broad SMARTS) is 4. The van der Waals surface area contributed by atoms with Crippen LogP contribution in [0.3, 0.4) is 0 Å². The fourth-order valence-electron chi connectivity index (χ4n) is 3.90. The van der Waals surface area contributed by atoms with E-state index >= 15 is 0 Å². The van der Waals surface area contributed by atoms with Gasteiger partial charge >= 0.3 is 31.5 Å². The minimum absolute atomic E-state index is 0.0139. The van der Waals surface area contributed by atoms with E-state index < -0.39 is 59.6 Å². The molecular formula is C35H24B5F2N5O11PS. The summed E-state index contributed by atoms with van der Waals surface area (Å²) >= 11 is 1.10. The van der Waals surface area contributed by atoms with Gasteiger partial charge in [-0.1, -0.05) is 52.8 Å². The summed E-state index contributed by atoms with van der Waals surface area (Å²) in [6.45, 7) is 0. The zero-order valence-electron chi connectivity index (χ0n) is 35.0. The maximum atomic E-state index is 12.8. The molecule has 5 aromatic rings. The van der Waals surface area contributed by atoms with E-state index in [0.29, 0.717) is 18.8 Å². The number of nitriles is 3. The summed E-state index contributed by atoms with van der Waals surface area (Å²) in [5, 5.41) is 58.1. The topological polar surface area (TPSA) is 304 Å². The summed E-state index contributed by atoms with van der Waals surface area (Å²) in [5.74, 6) is -5.71. The van der Waals surface area contributed by atoms with Crippen molar-refractivity contribution < 1.29 is 62.7 Å². The van der Waals surface area contributed by atoms with E-state index in [-0.39, 0.29) is 22.2 Å². The van der Waals surface area contributed by atoms with Gasteiger partial charge in [-0.25, -0.2) is 28.0 Å². The van der Waals surface area contributed by atoms with E-state index in [2.05, 4.69) is 8.75 Å². The molecule has 0 fully saturated rings. The lowest BCUT2D eigenvalue weighted by molar-refractivity contribution is -0.132. The predicted molar refractivity (Wildman–Crippen MR) is 223 cm³/mol. The molecule has 5 radical (unpaired) electrons. The maximum Gasteiger partial charge on any atom is 0.365 e. The molecule has 0 atom stereocenters.